The minimum atomic E-state index is -4.30. The van der Waals surface area contributed by atoms with Crippen molar-refractivity contribution in [2.45, 2.75) is 6.18 Å². The molecule has 0 N–H and O–H groups in total. The van der Waals surface area contributed by atoms with E-state index in [-0.39, 0.29) is 10.9 Å². The Morgan fingerprint density at radius 3 is 2.21 bits per heavy atom. The van der Waals surface area contributed by atoms with Gasteiger partial charge in [0.25, 0.3) is 0 Å². The van der Waals surface area contributed by atoms with Crippen LogP contribution in [-0.2, 0) is 0 Å². The first-order valence-electron chi connectivity index (χ1n) is 3.94. The van der Waals surface area contributed by atoms with E-state index in [1.807, 2.05) is 0 Å². The summed E-state index contributed by atoms with van der Waals surface area (Å²) in [5, 5.41) is 0.191. The lowest BCUT2D eigenvalue weighted by atomic mass is 10.1. The van der Waals surface area contributed by atoms with Gasteiger partial charge in [0.1, 0.15) is 0 Å². The second kappa shape index (κ2) is 4.64. The third kappa shape index (κ3) is 2.87. The maximum absolute atomic E-state index is 12.5. The maximum atomic E-state index is 12.5. The molecule has 0 spiro atoms. The van der Waals surface area contributed by atoms with Gasteiger partial charge in [-0.1, -0.05) is 52.3 Å². The van der Waals surface area contributed by atoms with E-state index in [2.05, 4.69) is 15.9 Å². The Morgan fingerprint density at radius 2 is 1.79 bits per heavy atom. The molecular formula is C10H8BrF3. The van der Waals surface area contributed by atoms with Crippen molar-refractivity contribution >= 4 is 21.5 Å². The van der Waals surface area contributed by atoms with Crippen molar-refractivity contribution in [1.82, 2.24) is 0 Å². The zero-order valence-electron chi connectivity index (χ0n) is 7.18. The van der Waals surface area contributed by atoms with Crippen LogP contribution in [0.15, 0.2) is 36.4 Å². The maximum Gasteiger partial charge on any atom is 0.416 e. The number of hydrogen-bond acceptors (Lipinski definition) is 0. The highest BCUT2D eigenvalue weighted by molar-refractivity contribution is 9.09. The molecule has 0 aliphatic carbocycles. The molecule has 1 aromatic carbocycles. The molecule has 14 heavy (non-hydrogen) atoms. The molecule has 0 aliphatic rings. The Hall–Kier alpha value is -0.770. The zero-order valence-corrected chi connectivity index (χ0v) is 8.77. The summed E-state index contributed by atoms with van der Waals surface area (Å²) >= 11 is 2.96. The lowest BCUT2D eigenvalue weighted by Gasteiger charge is -2.11. The fourth-order valence-electron chi connectivity index (χ4n) is 1.09. The zero-order chi connectivity index (χ0) is 10.6. The van der Waals surface area contributed by atoms with Crippen LogP contribution in [0.2, 0.25) is 0 Å². The molecule has 0 saturated carbocycles. The molecule has 76 valence electrons. The second-order valence-electron chi connectivity index (χ2n) is 2.64. The van der Waals surface area contributed by atoms with E-state index < -0.39 is 11.7 Å². The molecule has 1 aromatic rings. The average Bonchev–Trinajstić information content (AvgIpc) is 2.14. The summed E-state index contributed by atoms with van der Waals surface area (Å²) in [6.07, 6.45) is -3.18. The van der Waals surface area contributed by atoms with Gasteiger partial charge in [-0.3, -0.25) is 0 Å². The standard InChI is InChI=1S/C10H8BrF3/c11-7-6-9(10(12,13)14)8-4-2-1-3-5-8/h1-6H,7H2. The van der Waals surface area contributed by atoms with Crippen LogP contribution in [0, 0.1) is 0 Å². The van der Waals surface area contributed by atoms with Crippen LogP contribution < -0.4 is 0 Å². The average molecular weight is 265 g/mol. The molecule has 0 atom stereocenters. The summed E-state index contributed by atoms with van der Waals surface area (Å²) in [4.78, 5) is 0. The van der Waals surface area contributed by atoms with Gasteiger partial charge in [-0.15, -0.1) is 0 Å². The summed E-state index contributed by atoms with van der Waals surface area (Å²) in [6.45, 7) is 0. The van der Waals surface area contributed by atoms with Gasteiger partial charge in [0.15, 0.2) is 0 Å². The van der Waals surface area contributed by atoms with Crippen LogP contribution in [0.1, 0.15) is 5.56 Å². The fraction of sp³-hybridized carbons (Fsp3) is 0.200. The molecule has 0 fully saturated rings. The SMILES string of the molecule is FC(F)(F)C(=CCBr)c1ccccc1. The van der Waals surface area contributed by atoms with Crippen molar-refractivity contribution in [2.75, 3.05) is 5.33 Å². The normalized spacial score (nSPS) is 13.0. The van der Waals surface area contributed by atoms with Crippen LogP contribution in [0.4, 0.5) is 13.2 Å². The molecular weight excluding hydrogens is 257 g/mol. The van der Waals surface area contributed by atoms with E-state index >= 15 is 0 Å². The van der Waals surface area contributed by atoms with Gasteiger partial charge in [0.05, 0.1) is 5.57 Å². The van der Waals surface area contributed by atoms with Crippen molar-refractivity contribution in [2.24, 2.45) is 0 Å². The van der Waals surface area contributed by atoms with E-state index in [0.717, 1.165) is 6.08 Å². The highest BCUT2D eigenvalue weighted by Gasteiger charge is 2.33. The van der Waals surface area contributed by atoms with E-state index in [9.17, 15) is 13.2 Å². The second-order valence-corrected chi connectivity index (χ2v) is 3.28. The number of halogens is 4. The van der Waals surface area contributed by atoms with Crippen molar-refractivity contribution in [3.05, 3.63) is 42.0 Å². The predicted octanol–water partition coefficient (Wildman–Crippen LogP) is 4.03. The molecule has 0 radical (unpaired) electrons. The summed E-state index contributed by atoms with van der Waals surface area (Å²) in [7, 11) is 0. The van der Waals surface area contributed by atoms with Gasteiger partial charge in [0, 0.05) is 5.33 Å². The molecule has 0 nitrogen and oxygen atoms in total. The monoisotopic (exact) mass is 264 g/mol. The lowest BCUT2D eigenvalue weighted by molar-refractivity contribution is -0.0689. The van der Waals surface area contributed by atoms with E-state index in [1.54, 1.807) is 18.2 Å². The highest BCUT2D eigenvalue weighted by Crippen LogP contribution is 2.33. The first-order valence-corrected chi connectivity index (χ1v) is 5.06. The van der Waals surface area contributed by atoms with E-state index in [1.165, 1.54) is 12.1 Å². The quantitative estimate of drug-likeness (QED) is 0.708. The number of rotatable bonds is 2. The Bertz CT molecular complexity index is 314. The first kappa shape index (κ1) is 11.3. The number of alkyl halides is 4. The molecule has 1 rings (SSSR count). The Morgan fingerprint density at radius 1 is 1.21 bits per heavy atom. The molecule has 0 aromatic heterocycles. The molecule has 0 saturated heterocycles. The van der Waals surface area contributed by atoms with Crippen molar-refractivity contribution in [3.63, 3.8) is 0 Å². The molecule has 0 heterocycles. The summed E-state index contributed by atoms with van der Waals surface area (Å²) < 4.78 is 37.5. The molecule has 0 unspecified atom stereocenters. The first-order chi connectivity index (χ1) is 6.55. The number of benzene rings is 1. The third-order valence-corrected chi connectivity index (χ3v) is 2.00. The Labute approximate surface area is 88.6 Å². The van der Waals surface area contributed by atoms with Gasteiger partial charge in [0.2, 0.25) is 0 Å². The van der Waals surface area contributed by atoms with Gasteiger partial charge in [-0.2, -0.15) is 13.2 Å². The van der Waals surface area contributed by atoms with Crippen LogP contribution >= 0.6 is 15.9 Å². The molecule has 0 amide bonds. The summed E-state index contributed by atoms with van der Waals surface area (Å²) in [5.41, 5.74) is -0.408. The lowest BCUT2D eigenvalue weighted by Crippen LogP contribution is -2.10. The summed E-state index contributed by atoms with van der Waals surface area (Å²) in [5.74, 6) is 0. The number of hydrogen-bond donors (Lipinski definition) is 0. The minimum Gasteiger partial charge on any atom is -0.166 e. The van der Waals surface area contributed by atoms with Crippen LogP contribution in [0.5, 0.6) is 0 Å². The Kier molecular flexibility index (Phi) is 3.75. The van der Waals surface area contributed by atoms with Crippen LogP contribution in [0.3, 0.4) is 0 Å². The minimum absolute atomic E-state index is 0.191. The fourth-order valence-corrected chi connectivity index (χ4v) is 1.42. The molecule has 0 aliphatic heterocycles. The van der Waals surface area contributed by atoms with E-state index in [0.29, 0.717) is 0 Å². The Balaban J connectivity index is 3.09. The summed E-state index contributed by atoms with van der Waals surface area (Å²) in [6, 6.07) is 7.75. The van der Waals surface area contributed by atoms with Crippen molar-refractivity contribution < 1.29 is 13.2 Å². The van der Waals surface area contributed by atoms with E-state index in [4.69, 9.17) is 0 Å². The van der Waals surface area contributed by atoms with Gasteiger partial charge in [-0.05, 0) is 5.56 Å². The predicted molar refractivity (Wildman–Crippen MR) is 54.3 cm³/mol. The van der Waals surface area contributed by atoms with Gasteiger partial charge < -0.3 is 0 Å². The van der Waals surface area contributed by atoms with Crippen LogP contribution in [0.25, 0.3) is 5.57 Å². The van der Waals surface area contributed by atoms with Gasteiger partial charge >= 0.3 is 6.18 Å². The topological polar surface area (TPSA) is 0 Å². The highest BCUT2D eigenvalue weighted by atomic mass is 79.9. The van der Waals surface area contributed by atoms with Crippen molar-refractivity contribution in [3.8, 4) is 0 Å². The van der Waals surface area contributed by atoms with Crippen LogP contribution in [-0.4, -0.2) is 11.5 Å². The smallest absolute Gasteiger partial charge is 0.166 e. The van der Waals surface area contributed by atoms with Crippen molar-refractivity contribution in [1.29, 1.82) is 0 Å². The third-order valence-electron chi connectivity index (χ3n) is 1.67. The molecule has 0 bridgehead atoms. The molecule has 4 heteroatoms. The largest absolute Gasteiger partial charge is 0.416 e. The van der Waals surface area contributed by atoms with Gasteiger partial charge in [-0.25, -0.2) is 0 Å². The number of allylic oxidation sites excluding steroid dienone is 2.